The first-order chi connectivity index (χ1) is 7.60. The molecule has 0 bridgehead atoms. The average Bonchev–Trinajstić information content (AvgIpc) is 2.22. The molecule has 0 aliphatic rings. The zero-order valence-electron chi connectivity index (χ0n) is 9.62. The van der Waals surface area contributed by atoms with Crippen molar-refractivity contribution in [1.82, 2.24) is 0 Å². The fraction of sp³-hybridized carbons (Fsp3) is 0.500. The lowest BCUT2D eigenvalue weighted by Crippen LogP contribution is -1.98. The molecular formula is C12H16ClNO2. The molecule has 0 aliphatic carbocycles. The molecular weight excluding hydrogens is 226 g/mol. The van der Waals surface area contributed by atoms with Crippen LogP contribution in [0.3, 0.4) is 0 Å². The van der Waals surface area contributed by atoms with Crippen LogP contribution in [0.15, 0.2) is 12.1 Å². The Bertz CT molecular complexity index is 391. The van der Waals surface area contributed by atoms with Gasteiger partial charge in [0.15, 0.2) is 0 Å². The maximum Gasteiger partial charge on any atom is 0.288 e. The highest BCUT2D eigenvalue weighted by Gasteiger charge is 2.15. The van der Waals surface area contributed by atoms with Crippen molar-refractivity contribution in [2.24, 2.45) is 0 Å². The van der Waals surface area contributed by atoms with E-state index in [1.54, 1.807) is 12.1 Å². The highest BCUT2D eigenvalue weighted by atomic mass is 35.5. The molecule has 0 aliphatic heterocycles. The highest BCUT2D eigenvalue weighted by molar-refractivity contribution is 6.32. The lowest BCUT2D eigenvalue weighted by Gasteiger charge is -2.08. The van der Waals surface area contributed by atoms with Gasteiger partial charge in [0, 0.05) is 6.07 Å². The zero-order chi connectivity index (χ0) is 12.1. The minimum atomic E-state index is -0.419. The Balaban J connectivity index is 3.19. The molecule has 88 valence electrons. The molecule has 1 aromatic carbocycles. The van der Waals surface area contributed by atoms with Gasteiger partial charge in [0.25, 0.3) is 5.69 Å². The fourth-order valence-electron chi connectivity index (χ4n) is 1.79. The minimum absolute atomic E-state index is 0.0185. The van der Waals surface area contributed by atoms with Gasteiger partial charge in [-0.2, -0.15) is 0 Å². The average molecular weight is 242 g/mol. The van der Waals surface area contributed by atoms with E-state index in [-0.39, 0.29) is 10.7 Å². The number of nitro groups is 1. The monoisotopic (exact) mass is 241 g/mol. The first-order valence-electron chi connectivity index (χ1n) is 5.55. The summed E-state index contributed by atoms with van der Waals surface area (Å²) in [6, 6.07) is 3.37. The Hall–Kier alpha value is -1.09. The van der Waals surface area contributed by atoms with Crippen molar-refractivity contribution < 1.29 is 4.92 Å². The van der Waals surface area contributed by atoms with Crippen LogP contribution in [0, 0.1) is 10.1 Å². The number of hydrogen-bond acceptors (Lipinski definition) is 2. The normalized spacial score (nSPS) is 10.4. The first-order valence-corrected chi connectivity index (χ1v) is 5.93. The summed E-state index contributed by atoms with van der Waals surface area (Å²) in [5.74, 6) is 0. The summed E-state index contributed by atoms with van der Waals surface area (Å²) in [5.41, 5.74) is 2.21. The van der Waals surface area contributed by atoms with Crippen LogP contribution in [0.4, 0.5) is 5.69 Å². The second kappa shape index (κ2) is 5.85. The Morgan fingerprint density at radius 3 is 2.12 bits per heavy atom. The molecule has 0 fully saturated rings. The standard InChI is InChI=1S/C12H16ClNO2/c1-3-5-9-7-11(13)12(14(15)16)8-10(9)6-4-2/h7-8H,3-6H2,1-2H3. The van der Waals surface area contributed by atoms with Gasteiger partial charge < -0.3 is 0 Å². The van der Waals surface area contributed by atoms with Crippen molar-refractivity contribution in [2.45, 2.75) is 39.5 Å². The second-order valence-corrected chi connectivity index (χ2v) is 4.24. The van der Waals surface area contributed by atoms with E-state index < -0.39 is 4.92 Å². The van der Waals surface area contributed by atoms with E-state index in [1.165, 1.54) is 0 Å². The maximum absolute atomic E-state index is 10.8. The summed E-state index contributed by atoms with van der Waals surface area (Å²) < 4.78 is 0. The maximum atomic E-state index is 10.8. The van der Waals surface area contributed by atoms with Crippen molar-refractivity contribution in [3.8, 4) is 0 Å². The van der Waals surface area contributed by atoms with Gasteiger partial charge in [-0.1, -0.05) is 38.3 Å². The molecule has 0 saturated heterocycles. The molecule has 1 rings (SSSR count). The molecule has 0 amide bonds. The summed E-state index contributed by atoms with van der Waals surface area (Å²) in [6.07, 6.45) is 3.79. The molecule has 3 nitrogen and oxygen atoms in total. The van der Waals surface area contributed by atoms with Crippen LogP contribution < -0.4 is 0 Å². The molecule has 4 heteroatoms. The molecule has 16 heavy (non-hydrogen) atoms. The molecule has 1 aromatic rings. The predicted octanol–water partition coefficient (Wildman–Crippen LogP) is 4.15. The molecule has 0 unspecified atom stereocenters. The number of aryl methyl sites for hydroxylation is 2. The van der Waals surface area contributed by atoms with Crippen LogP contribution >= 0.6 is 11.6 Å². The fourth-order valence-corrected chi connectivity index (χ4v) is 2.05. The van der Waals surface area contributed by atoms with Crippen LogP contribution in [0.1, 0.15) is 37.8 Å². The Labute approximate surface area is 101 Å². The lowest BCUT2D eigenvalue weighted by atomic mass is 9.99. The number of nitro benzene ring substituents is 1. The van der Waals surface area contributed by atoms with Crippen LogP contribution in [0.25, 0.3) is 0 Å². The molecule has 0 atom stereocenters. The first kappa shape index (κ1) is 13.0. The molecule has 0 aromatic heterocycles. The van der Waals surface area contributed by atoms with Gasteiger partial charge in [-0.05, 0) is 30.0 Å². The predicted molar refractivity (Wildman–Crippen MR) is 66.1 cm³/mol. The van der Waals surface area contributed by atoms with Crippen molar-refractivity contribution >= 4 is 17.3 Å². The summed E-state index contributed by atoms with van der Waals surface area (Å²) in [6.45, 7) is 4.15. The summed E-state index contributed by atoms with van der Waals surface area (Å²) in [4.78, 5) is 10.3. The van der Waals surface area contributed by atoms with Gasteiger partial charge in [-0.25, -0.2) is 0 Å². The third-order valence-electron chi connectivity index (χ3n) is 2.50. The second-order valence-electron chi connectivity index (χ2n) is 3.83. The van der Waals surface area contributed by atoms with Gasteiger partial charge in [-0.15, -0.1) is 0 Å². The Morgan fingerprint density at radius 2 is 1.69 bits per heavy atom. The van der Waals surface area contributed by atoms with E-state index >= 15 is 0 Å². The van der Waals surface area contributed by atoms with Crippen LogP contribution in [-0.4, -0.2) is 4.92 Å². The third-order valence-corrected chi connectivity index (χ3v) is 2.81. The number of benzene rings is 1. The van der Waals surface area contributed by atoms with Gasteiger partial charge in [0.2, 0.25) is 0 Å². The highest BCUT2D eigenvalue weighted by Crippen LogP contribution is 2.29. The number of hydrogen-bond donors (Lipinski definition) is 0. The van der Waals surface area contributed by atoms with E-state index in [0.29, 0.717) is 0 Å². The van der Waals surface area contributed by atoms with Gasteiger partial charge >= 0.3 is 0 Å². The van der Waals surface area contributed by atoms with Crippen molar-refractivity contribution in [1.29, 1.82) is 0 Å². The van der Waals surface area contributed by atoms with E-state index in [4.69, 9.17) is 11.6 Å². The number of halogens is 1. The topological polar surface area (TPSA) is 43.1 Å². The van der Waals surface area contributed by atoms with E-state index in [9.17, 15) is 10.1 Å². The molecule has 0 heterocycles. The van der Waals surface area contributed by atoms with Gasteiger partial charge in [-0.3, -0.25) is 10.1 Å². The molecule has 0 saturated carbocycles. The van der Waals surface area contributed by atoms with Crippen LogP contribution in [0.5, 0.6) is 0 Å². The molecule has 0 spiro atoms. The number of nitrogens with zero attached hydrogens (tertiary/aromatic N) is 1. The largest absolute Gasteiger partial charge is 0.288 e. The van der Waals surface area contributed by atoms with Gasteiger partial charge in [0.05, 0.1) is 4.92 Å². The zero-order valence-corrected chi connectivity index (χ0v) is 10.4. The minimum Gasteiger partial charge on any atom is -0.258 e. The summed E-state index contributed by atoms with van der Waals surface area (Å²) in [5, 5.41) is 11.0. The Morgan fingerprint density at radius 1 is 1.19 bits per heavy atom. The molecule has 0 radical (unpaired) electrons. The third kappa shape index (κ3) is 2.95. The quantitative estimate of drug-likeness (QED) is 0.574. The number of rotatable bonds is 5. The van der Waals surface area contributed by atoms with Crippen molar-refractivity contribution in [2.75, 3.05) is 0 Å². The van der Waals surface area contributed by atoms with Crippen molar-refractivity contribution in [3.63, 3.8) is 0 Å². The SMILES string of the molecule is CCCc1cc(Cl)c([N+](=O)[O-])cc1CCC. The smallest absolute Gasteiger partial charge is 0.258 e. The van der Waals surface area contributed by atoms with E-state index in [1.807, 2.05) is 0 Å². The summed E-state index contributed by atoms with van der Waals surface area (Å²) in [7, 11) is 0. The van der Waals surface area contributed by atoms with Crippen LogP contribution in [0.2, 0.25) is 5.02 Å². The van der Waals surface area contributed by atoms with Crippen molar-refractivity contribution in [3.05, 3.63) is 38.4 Å². The van der Waals surface area contributed by atoms with Crippen LogP contribution in [-0.2, 0) is 12.8 Å². The van der Waals surface area contributed by atoms with E-state index in [0.717, 1.165) is 36.8 Å². The molecule has 0 N–H and O–H groups in total. The summed E-state index contributed by atoms with van der Waals surface area (Å²) >= 11 is 5.89. The van der Waals surface area contributed by atoms with Gasteiger partial charge in [0.1, 0.15) is 5.02 Å². The Kier molecular flexibility index (Phi) is 4.74. The van der Waals surface area contributed by atoms with E-state index in [2.05, 4.69) is 13.8 Å². The lowest BCUT2D eigenvalue weighted by molar-refractivity contribution is -0.384.